The van der Waals surface area contributed by atoms with Gasteiger partial charge < -0.3 is 5.73 Å². The lowest BCUT2D eigenvalue weighted by molar-refractivity contribution is 1.31. The van der Waals surface area contributed by atoms with Gasteiger partial charge in [0.25, 0.3) is 0 Å². The van der Waals surface area contributed by atoms with Gasteiger partial charge in [0.2, 0.25) is 0 Å². The van der Waals surface area contributed by atoms with Crippen LogP contribution in [0, 0.1) is 0 Å². The number of hydrogen-bond acceptors (Lipinski definition) is 1. The zero-order chi connectivity index (χ0) is 7.28. The SMILES string of the molecule is C=C/C=C(C)\C(C)=C/N. The second kappa shape index (κ2) is 3.96. The van der Waals surface area contributed by atoms with Crippen LogP contribution < -0.4 is 5.73 Å². The zero-order valence-electron chi connectivity index (χ0n) is 6.02. The molecule has 0 saturated heterocycles. The van der Waals surface area contributed by atoms with E-state index < -0.39 is 0 Å². The van der Waals surface area contributed by atoms with Crippen molar-refractivity contribution in [2.75, 3.05) is 0 Å². The van der Waals surface area contributed by atoms with Gasteiger partial charge in [0.1, 0.15) is 0 Å². The first-order chi connectivity index (χ1) is 4.22. The van der Waals surface area contributed by atoms with Crippen molar-refractivity contribution in [3.8, 4) is 0 Å². The monoisotopic (exact) mass is 123 g/mol. The molecule has 2 N–H and O–H groups in total. The van der Waals surface area contributed by atoms with E-state index in [0.29, 0.717) is 0 Å². The molecule has 0 aliphatic rings. The molecule has 0 aromatic carbocycles. The Hall–Kier alpha value is -0.980. The highest BCUT2D eigenvalue weighted by molar-refractivity contribution is 5.28. The summed E-state index contributed by atoms with van der Waals surface area (Å²) >= 11 is 0. The minimum Gasteiger partial charge on any atom is -0.404 e. The van der Waals surface area contributed by atoms with Gasteiger partial charge in [-0.1, -0.05) is 18.7 Å². The summed E-state index contributed by atoms with van der Waals surface area (Å²) in [6.07, 6.45) is 5.27. The third kappa shape index (κ3) is 2.75. The van der Waals surface area contributed by atoms with E-state index in [9.17, 15) is 0 Å². The van der Waals surface area contributed by atoms with Crippen molar-refractivity contribution in [1.29, 1.82) is 0 Å². The summed E-state index contributed by atoms with van der Waals surface area (Å²) in [5.41, 5.74) is 7.52. The number of hydrogen-bond donors (Lipinski definition) is 1. The second-order valence-electron chi connectivity index (χ2n) is 1.94. The fourth-order valence-corrected chi connectivity index (χ4v) is 0.440. The lowest BCUT2D eigenvalue weighted by Gasteiger charge is -1.95. The number of allylic oxidation sites excluding steroid dienone is 4. The van der Waals surface area contributed by atoms with Gasteiger partial charge in [0, 0.05) is 0 Å². The van der Waals surface area contributed by atoms with Crippen molar-refractivity contribution >= 4 is 0 Å². The molecule has 0 aromatic rings. The highest BCUT2D eigenvalue weighted by Crippen LogP contribution is 2.04. The Labute approximate surface area is 56.6 Å². The average Bonchev–Trinajstić information content (AvgIpc) is 1.87. The molecule has 50 valence electrons. The number of nitrogens with two attached hydrogens (primary N) is 1. The Bertz CT molecular complexity index is 152. The molecule has 0 bridgehead atoms. The van der Waals surface area contributed by atoms with Crippen LogP contribution in [0.5, 0.6) is 0 Å². The molecule has 0 fully saturated rings. The van der Waals surface area contributed by atoms with Crippen LogP contribution in [0.25, 0.3) is 0 Å². The van der Waals surface area contributed by atoms with E-state index in [4.69, 9.17) is 5.73 Å². The van der Waals surface area contributed by atoms with E-state index >= 15 is 0 Å². The molecule has 0 saturated carbocycles. The van der Waals surface area contributed by atoms with Crippen molar-refractivity contribution in [1.82, 2.24) is 0 Å². The van der Waals surface area contributed by atoms with Crippen LogP contribution in [0.4, 0.5) is 0 Å². The Balaban J connectivity index is 4.19. The summed E-state index contributed by atoms with van der Waals surface area (Å²) in [7, 11) is 0. The van der Waals surface area contributed by atoms with Crippen LogP contribution in [-0.2, 0) is 0 Å². The van der Waals surface area contributed by atoms with E-state index in [0.717, 1.165) is 11.1 Å². The van der Waals surface area contributed by atoms with Crippen molar-refractivity contribution in [3.63, 3.8) is 0 Å². The highest BCUT2D eigenvalue weighted by Gasteiger charge is 1.86. The summed E-state index contributed by atoms with van der Waals surface area (Å²) in [5.74, 6) is 0. The fraction of sp³-hybridized carbons (Fsp3) is 0.250. The van der Waals surface area contributed by atoms with Crippen LogP contribution >= 0.6 is 0 Å². The Morgan fingerprint density at radius 2 is 1.89 bits per heavy atom. The molecular formula is C8H13N. The smallest absolute Gasteiger partial charge is 0.00299 e. The minimum absolute atomic E-state index is 1.09. The van der Waals surface area contributed by atoms with Gasteiger partial charge in [-0.2, -0.15) is 0 Å². The maximum absolute atomic E-state index is 5.27. The summed E-state index contributed by atoms with van der Waals surface area (Å²) < 4.78 is 0. The van der Waals surface area contributed by atoms with E-state index in [-0.39, 0.29) is 0 Å². The lowest BCUT2D eigenvalue weighted by Crippen LogP contribution is -1.85. The second-order valence-corrected chi connectivity index (χ2v) is 1.94. The maximum atomic E-state index is 5.27. The van der Waals surface area contributed by atoms with E-state index in [2.05, 4.69) is 6.58 Å². The molecule has 0 unspecified atom stereocenters. The Morgan fingerprint density at radius 3 is 2.22 bits per heavy atom. The summed E-state index contributed by atoms with van der Waals surface area (Å²) in [6.45, 7) is 7.54. The molecular weight excluding hydrogens is 110 g/mol. The predicted octanol–water partition coefficient (Wildman–Crippen LogP) is 1.98. The van der Waals surface area contributed by atoms with Gasteiger partial charge in [-0.3, -0.25) is 0 Å². The van der Waals surface area contributed by atoms with Crippen LogP contribution in [0.3, 0.4) is 0 Å². The van der Waals surface area contributed by atoms with Crippen molar-refractivity contribution in [2.24, 2.45) is 5.73 Å². The molecule has 1 nitrogen and oxygen atoms in total. The zero-order valence-corrected chi connectivity index (χ0v) is 6.02. The van der Waals surface area contributed by atoms with Gasteiger partial charge in [-0.25, -0.2) is 0 Å². The summed E-state index contributed by atoms with van der Waals surface area (Å²) in [6, 6.07) is 0. The quantitative estimate of drug-likeness (QED) is 0.558. The summed E-state index contributed by atoms with van der Waals surface area (Å²) in [4.78, 5) is 0. The number of rotatable bonds is 2. The standard InChI is InChI=1S/C8H13N/c1-4-5-7(2)8(3)6-9/h4-6H,1,9H2,2-3H3/b7-5-,8-6-. The first-order valence-corrected chi connectivity index (χ1v) is 2.90. The minimum atomic E-state index is 1.09. The topological polar surface area (TPSA) is 26.0 Å². The molecule has 1 heteroatoms. The first-order valence-electron chi connectivity index (χ1n) is 2.90. The molecule has 0 rings (SSSR count). The van der Waals surface area contributed by atoms with Crippen molar-refractivity contribution < 1.29 is 0 Å². The summed E-state index contributed by atoms with van der Waals surface area (Å²) in [5, 5.41) is 0. The van der Waals surface area contributed by atoms with Gasteiger partial charge in [-0.15, -0.1) is 0 Å². The predicted molar refractivity (Wildman–Crippen MR) is 41.9 cm³/mol. The van der Waals surface area contributed by atoms with Crippen LogP contribution in [0.2, 0.25) is 0 Å². The fourth-order valence-electron chi connectivity index (χ4n) is 0.440. The molecule has 0 aliphatic carbocycles. The molecule has 0 spiro atoms. The Morgan fingerprint density at radius 1 is 1.33 bits per heavy atom. The maximum Gasteiger partial charge on any atom is -0.00299 e. The van der Waals surface area contributed by atoms with Gasteiger partial charge in [-0.05, 0) is 31.2 Å². The first kappa shape index (κ1) is 8.02. The molecule has 0 atom stereocenters. The lowest BCUT2D eigenvalue weighted by atomic mass is 10.1. The molecule has 9 heavy (non-hydrogen) atoms. The van der Waals surface area contributed by atoms with Gasteiger partial charge >= 0.3 is 0 Å². The van der Waals surface area contributed by atoms with E-state index in [1.54, 1.807) is 12.3 Å². The molecule has 0 amide bonds. The normalized spacial score (nSPS) is 13.6. The van der Waals surface area contributed by atoms with Gasteiger partial charge in [0.15, 0.2) is 0 Å². The van der Waals surface area contributed by atoms with Crippen LogP contribution in [-0.4, -0.2) is 0 Å². The van der Waals surface area contributed by atoms with E-state index in [1.807, 2.05) is 19.9 Å². The molecule has 0 aromatic heterocycles. The highest BCUT2D eigenvalue weighted by atomic mass is 14.5. The third-order valence-electron chi connectivity index (χ3n) is 1.24. The van der Waals surface area contributed by atoms with Crippen LogP contribution in [0.1, 0.15) is 13.8 Å². The Kier molecular flexibility index (Phi) is 3.52. The largest absolute Gasteiger partial charge is 0.404 e. The molecule has 0 heterocycles. The third-order valence-corrected chi connectivity index (χ3v) is 1.24. The van der Waals surface area contributed by atoms with Crippen LogP contribution in [0.15, 0.2) is 36.1 Å². The average molecular weight is 123 g/mol. The van der Waals surface area contributed by atoms with Gasteiger partial charge in [0.05, 0.1) is 0 Å². The van der Waals surface area contributed by atoms with Crippen molar-refractivity contribution in [2.45, 2.75) is 13.8 Å². The van der Waals surface area contributed by atoms with Crippen molar-refractivity contribution in [3.05, 3.63) is 36.1 Å². The molecule has 0 radical (unpaired) electrons. The van der Waals surface area contributed by atoms with E-state index in [1.165, 1.54) is 0 Å². The molecule has 0 aliphatic heterocycles.